The summed E-state index contributed by atoms with van der Waals surface area (Å²) in [4.78, 5) is 22.6. The molecule has 0 aliphatic carbocycles. The van der Waals surface area contributed by atoms with E-state index in [0.717, 1.165) is 11.4 Å². The van der Waals surface area contributed by atoms with E-state index < -0.39 is 0 Å². The van der Waals surface area contributed by atoms with Gasteiger partial charge in [0.2, 0.25) is 12.7 Å². The van der Waals surface area contributed by atoms with Gasteiger partial charge in [-0.1, -0.05) is 12.1 Å². The number of nitrogens with zero attached hydrogens (tertiary/aromatic N) is 3. The molecule has 8 nitrogen and oxygen atoms in total. The molecule has 1 aliphatic heterocycles. The van der Waals surface area contributed by atoms with Crippen molar-refractivity contribution in [3.63, 3.8) is 0 Å². The molecule has 0 saturated heterocycles. The Balaban J connectivity index is 1.59. The quantitative estimate of drug-likeness (QED) is 0.706. The average Bonchev–Trinajstić information content (AvgIpc) is 3.22. The van der Waals surface area contributed by atoms with Crippen LogP contribution in [0.2, 0.25) is 0 Å². The van der Waals surface area contributed by atoms with Crippen molar-refractivity contribution in [1.82, 2.24) is 15.3 Å². The maximum absolute atomic E-state index is 11.8. The van der Waals surface area contributed by atoms with E-state index in [2.05, 4.69) is 20.6 Å². The van der Waals surface area contributed by atoms with Crippen LogP contribution >= 0.6 is 0 Å². The first kappa shape index (κ1) is 17.6. The van der Waals surface area contributed by atoms with Crippen LogP contribution in [0, 0.1) is 0 Å². The molecule has 0 saturated carbocycles. The lowest BCUT2D eigenvalue weighted by atomic mass is 10.2. The fourth-order valence-electron chi connectivity index (χ4n) is 2.91. The van der Waals surface area contributed by atoms with Crippen molar-refractivity contribution in [2.45, 2.75) is 0 Å². The van der Waals surface area contributed by atoms with Crippen molar-refractivity contribution in [1.29, 1.82) is 0 Å². The summed E-state index contributed by atoms with van der Waals surface area (Å²) in [7, 11) is 3.50. The zero-order valence-corrected chi connectivity index (χ0v) is 15.5. The number of carbonyl (C=O) groups is 1. The van der Waals surface area contributed by atoms with Gasteiger partial charge in [-0.05, 0) is 36.4 Å². The van der Waals surface area contributed by atoms with Gasteiger partial charge in [0.25, 0.3) is 5.91 Å². The Kier molecular flexibility index (Phi) is 4.67. The standard InChI is InChI=1S/C20H19N5O3/c1-21-19(26)13-5-3-6-14(11-13)23-20-22-10-9-17(24-20)25(2)15-7-4-8-16-18(15)28-12-27-16/h3-11H,12H2,1-2H3,(H,21,26)(H,22,23,24). The number of amides is 1. The van der Waals surface area contributed by atoms with Crippen LogP contribution in [-0.4, -0.2) is 36.8 Å². The smallest absolute Gasteiger partial charge is 0.251 e. The molecule has 142 valence electrons. The Hall–Kier alpha value is -3.81. The van der Waals surface area contributed by atoms with Crippen LogP contribution in [-0.2, 0) is 0 Å². The lowest BCUT2D eigenvalue weighted by molar-refractivity contribution is 0.0963. The van der Waals surface area contributed by atoms with Crippen LogP contribution in [0.3, 0.4) is 0 Å². The Morgan fingerprint density at radius 1 is 1.14 bits per heavy atom. The average molecular weight is 377 g/mol. The number of hydrogen-bond donors (Lipinski definition) is 2. The first-order valence-corrected chi connectivity index (χ1v) is 8.70. The molecular weight excluding hydrogens is 358 g/mol. The largest absolute Gasteiger partial charge is 0.454 e. The van der Waals surface area contributed by atoms with Gasteiger partial charge in [-0.3, -0.25) is 4.79 Å². The highest BCUT2D eigenvalue weighted by Gasteiger charge is 2.21. The third kappa shape index (κ3) is 3.39. The first-order chi connectivity index (χ1) is 13.7. The molecular formula is C20H19N5O3. The number of anilines is 4. The zero-order chi connectivity index (χ0) is 19.5. The summed E-state index contributed by atoms with van der Waals surface area (Å²) in [6.45, 7) is 0.207. The second kappa shape index (κ2) is 7.43. The minimum atomic E-state index is -0.154. The summed E-state index contributed by atoms with van der Waals surface area (Å²) < 4.78 is 11.0. The Bertz CT molecular complexity index is 1020. The van der Waals surface area contributed by atoms with Gasteiger partial charge in [-0.25, -0.2) is 4.98 Å². The number of aromatic nitrogens is 2. The molecule has 2 heterocycles. The highest BCUT2D eigenvalue weighted by Crippen LogP contribution is 2.42. The molecule has 2 aromatic carbocycles. The van der Waals surface area contributed by atoms with Gasteiger partial charge in [0.1, 0.15) is 5.82 Å². The van der Waals surface area contributed by atoms with E-state index in [-0.39, 0.29) is 12.7 Å². The van der Waals surface area contributed by atoms with Crippen molar-refractivity contribution in [3.05, 3.63) is 60.3 Å². The molecule has 0 atom stereocenters. The lowest BCUT2D eigenvalue weighted by Crippen LogP contribution is -2.17. The number of para-hydroxylation sites is 1. The van der Waals surface area contributed by atoms with Gasteiger partial charge in [0.15, 0.2) is 11.5 Å². The van der Waals surface area contributed by atoms with Crippen LogP contribution in [0.4, 0.5) is 23.1 Å². The van der Waals surface area contributed by atoms with Crippen molar-refractivity contribution >= 4 is 29.0 Å². The zero-order valence-electron chi connectivity index (χ0n) is 15.5. The minimum absolute atomic E-state index is 0.154. The maximum Gasteiger partial charge on any atom is 0.251 e. The van der Waals surface area contributed by atoms with Gasteiger partial charge >= 0.3 is 0 Å². The Labute approximate surface area is 162 Å². The number of fused-ring (bicyclic) bond motifs is 1. The van der Waals surface area contributed by atoms with Crippen LogP contribution in [0.1, 0.15) is 10.4 Å². The van der Waals surface area contributed by atoms with E-state index in [4.69, 9.17) is 9.47 Å². The second-order valence-corrected chi connectivity index (χ2v) is 6.09. The van der Waals surface area contributed by atoms with E-state index >= 15 is 0 Å². The second-order valence-electron chi connectivity index (χ2n) is 6.09. The summed E-state index contributed by atoms with van der Waals surface area (Å²) in [5.74, 6) is 2.35. The van der Waals surface area contributed by atoms with Gasteiger partial charge in [0.05, 0.1) is 5.69 Å². The predicted octanol–water partition coefficient (Wildman–Crippen LogP) is 3.08. The summed E-state index contributed by atoms with van der Waals surface area (Å²) in [6.07, 6.45) is 1.67. The molecule has 8 heteroatoms. The molecule has 28 heavy (non-hydrogen) atoms. The van der Waals surface area contributed by atoms with Crippen LogP contribution in [0.15, 0.2) is 54.7 Å². The summed E-state index contributed by atoms with van der Waals surface area (Å²) in [5.41, 5.74) is 2.12. The van der Waals surface area contributed by atoms with Crippen molar-refractivity contribution < 1.29 is 14.3 Å². The fourth-order valence-corrected chi connectivity index (χ4v) is 2.91. The number of rotatable bonds is 5. The topological polar surface area (TPSA) is 88.6 Å². The van der Waals surface area contributed by atoms with Gasteiger partial charge in [-0.2, -0.15) is 4.98 Å². The van der Waals surface area contributed by atoms with E-state index in [1.165, 1.54) is 0 Å². The normalized spacial score (nSPS) is 11.8. The Morgan fingerprint density at radius 2 is 2.00 bits per heavy atom. The number of carbonyl (C=O) groups excluding carboxylic acids is 1. The van der Waals surface area contributed by atoms with Crippen molar-refractivity contribution in [2.75, 3.05) is 31.1 Å². The van der Waals surface area contributed by atoms with E-state index in [1.54, 1.807) is 37.5 Å². The molecule has 1 aromatic heterocycles. The number of hydrogen-bond acceptors (Lipinski definition) is 7. The number of benzene rings is 2. The number of ether oxygens (including phenoxy) is 2. The van der Waals surface area contributed by atoms with E-state index in [9.17, 15) is 4.79 Å². The van der Waals surface area contributed by atoms with Crippen LogP contribution in [0.5, 0.6) is 11.5 Å². The third-order valence-corrected chi connectivity index (χ3v) is 4.33. The molecule has 0 unspecified atom stereocenters. The van der Waals surface area contributed by atoms with Gasteiger partial charge < -0.3 is 25.0 Å². The van der Waals surface area contributed by atoms with E-state index in [1.807, 2.05) is 36.2 Å². The molecule has 1 aliphatic rings. The van der Waals surface area contributed by atoms with Gasteiger partial charge in [0, 0.05) is 31.5 Å². The summed E-state index contributed by atoms with van der Waals surface area (Å²) in [6, 6.07) is 14.7. The highest BCUT2D eigenvalue weighted by atomic mass is 16.7. The SMILES string of the molecule is CNC(=O)c1cccc(Nc2nccc(N(C)c3cccc4c3OCO4)n2)c1. The predicted molar refractivity (Wildman–Crippen MR) is 106 cm³/mol. The fraction of sp³-hybridized carbons (Fsp3) is 0.150. The maximum atomic E-state index is 11.8. The molecule has 3 aromatic rings. The van der Waals surface area contributed by atoms with Crippen molar-refractivity contribution in [3.8, 4) is 11.5 Å². The lowest BCUT2D eigenvalue weighted by Gasteiger charge is -2.20. The number of nitrogens with one attached hydrogen (secondary N) is 2. The van der Waals surface area contributed by atoms with Crippen LogP contribution in [0.25, 0.3) is 0 Å². The minimum Gasteiger partial charge on any atom is -0.454 e. The molecule has 0 radical (unpaired) electrons. The molecule has 0 fully saturated rings. The first-order valence-electron chi connectivity index (χ1n) is 8.70. The van der Waals surface area contributed by atoms with Crippen LogP contribution < -0.4 is 25.0 Å². The van der Waals surface area contributed by atoms with Gasteiger partial charge in [-0.15, -0.1) is 0 Å². The monoisotopic (exact) mass is 377 g/mol. The third-order valence-electron chi connectivity index (χ3n) is 4.33. The molecule has 2 N–H and O–H groups in total. The summed E-state index contributed by atoms with van der Waals surface area (Å²) in [5, 5.41) is 5.75. The highest BCUT2D eigenvalue weighted by molar-refractivity contribution is 5.95. The Morgan fingerprint density at radius 3 is 2.86 bits per heavy atom. The molecule has 4 rings (SSSR count). The van der Waals surface area contributed by atoms with Crippen molar-refractivity contribution in [2.24, 2.45) is 0 Å². The summed E-state index contributed by atoms with van der Waals surface area (Å²) >= 11 is 0. The molecule has 0 bridgehead atoms. The molecule has 0 spiro atoms. The molecule has 1 amide bonds. The van der Waals surface area contributed by atoms with E-state index in [0.29, 0.717) is 28.8 Å².